The fourth-order valence-electron chi connectivity index (χ4n) is 3.96. The Kier molecular flexibility index (Phi) is 8.61. The van der Waals surface area contributed by atoms with Gasteiger partial charge >= 0.3 is 0 Å². The van der Waals surface area contributed by atoms with Gasteiger partial charge in [0.25, 0.3) is 0 Å². The van der Waals surface area contributed by atoms with Crippen molar-refractivity contribution in [2.75, 3.05) is 57.8 Å². The van der Waals surface area contributed by atoms with E-state index in [1.54, 1.807) is 0 Å². The van der Waals surface area contributed by atoms with E-state index < -0.39 is 0 Å². The predicted octanol–water partition coefficient (Wildman–Crippen LogP) is 1.55. The van der Waals surface area contributed by atoms with Crippen molar-refractivity contribution in [1.82, 2.24) is 20.9 Å². The third-order valence-electron chi connectivity index (χ3n) is 5.67. The second kappa shape index (κ2) is 11.7. The summed E-state index contributed by atoms with van der Waals surface area (Å²) in [4.78, 5) is 20.6. The maximum atomic E-state index is 11.6. The number of benzene rings is 1. The summed E-state index contributed by atoms with van der Waals surface area (Å²) in [5.74, 6) is 0.936. The van der Waals surface area contributed by atoms with Gasteiger partial charge in [-0.1, -0.05) is 25.0 Å². The van der Waals surface area contributed by atoms with Gasteiger partial charge in [-0.25, -0.2) is 0 Å². The van der Waals surface area contributed by atoms with Crippen molar-refractivity contribution >= 4 is 17.6 Å². The average Bonchev–Trinajstić information content (AvgIpc) is 3.02. The lowest BCUT2D eigenvalue weighted by atomic mass is 10.2. The predicted molar refractivity (Wildman–Crippen MR) is 119 cm³/mol. The first-order chi connectivity index (χ1) is 14.2. The quantitative estimate of drug-likeness (QED) is 0.368. The number of anilines is 1. The molecule has 2 aliphatic heterocycles. The van der Waals surface area contributed by atoms with Gasteiger partial charge in [0.2, 0.25) is 5.91 Å². The molecule has 29 heavy (non-hydrogen) atoms. The molecular formula is C22H36N6O. The van der Waals surface area contributed by atoms with Crippen LogP contribution in [0.4, 0.5) is 5.69 Å². The van der Waals surface area contributed by atoms with Crippen molar-refractivity contribution in [3.63, 3.8) is 0 Å². The average molecular weight is 401 g/mol. The van der Waals surface area contributed by atoms with E-state index >= 15 is 0 Å². The molecular weight excluding hydrogens is 364 g/mol. The molecule has 7 nitrogen and oxygen atoms in total. The van der Waals surface area contributed by atoms with Gasteiger partial charge in [0.1, 0.15) is 0 Å². The van der Waals surface area contributed by atoms with Gasteiger partial charge in [-0.05, 0) is 56.6 Å². The molecule has 0 spiro atoms. The first-order valence-corrected chi connectivity index (χ1v) is 11.0. The number of hydrogen-bond donors (Lipinski definition) is 3. The molecule has 1 aromatic rings. The number of guanidine groups is 1. The lowest BCUT2D eigenvalue weighted by Crippen LogP contribution is -2.47. The normalized spacial score (nSPS) is 18.9. The van der Waals surface area contributed by atoms with Crippen molar-refractivity contribution in [2.24, 2.45) is 4.99 Å². The largest absolute Gasteiger partial charge is 0.360 e. The Hall–Kier alpha value is -2.28. The van der Waals surface area contributed by atoms with E-state index in [0.717, 1.165) is 37.7 Å². The van der Waals surface area contributed by atoms with Crippen LogP contribution < -0.4 is 20.9 Å². The summed E-state index contributed by atoms with van der Waals surface area (Å²) >= 11 is 0. The number of nitrogens with zero attached hydrogens (tertiary/aromatic N) is 3. The topological polar surface area (TPSA) is 72.0 Å². The second-order valence-corrected chi connectivity index (χ2v) is 7.90. The summed E-state index contributed by atoms with van der Waals surface area (Å²) in [6.07, 6.45) is 6.61. The molecule has 0 saturated carbocycles. The number of rotatable bonds is 7. The number of likely N-dealkylation sites (tertiary alicyclic amines) is 1. The van der Waals surface area contributed by atoms with Crippen LogP contribution in [0, 0.1) is 0 Å². The van der Waals surface area contributed by atoms with Crippen LogP contribution in [0.15, 0.2) is 29.3 Å². The van der Waals surface area contributed by atoms with E-state index in [0.29, 0.717) is 13.1 Å². The standard InChI is InChI=1S/C22H36N6O/c1-23-22(25-11-6-15-27-13-4-2-3-5-14-27)26-17-19-7-9-20(10-8-19)28-16-12-24-21(29)18-28/h7-10H,2-6,11-18H2,1H3,(H,24,29)(H2,23,25,26). The van der Waals surface area contributed by atoms with Gasteiger partial charge in [0.05, 0.1) is 6.54 Å². The summed E-state index contributed by atoms with van der Waals surface area (Å²) in [6.45, 7) is 7.35. The fraction of sp³-hybridized carbons (Fsp3) is 0.636. The van der Waals surface area contributed by atoms with E-state index in [4.69, 9.17) is 0 Å². The van der Waals surface area contributed by atoms with Crippen molar-refractivity contribution < 1.29 is 4.79 Å². The summed E-state index contributed by atoms with van der Waals surface area (Å²) in [7, 11) is 1.81. The maximum absolute atomic E-state index is 11.6. The third kappa shape index (κ3) is 7.24. The monoisotopic (exact) mass is 400 g/mol. The lowest BCUT2D eigenvalue weighted by Gasteiger charge is -2.28. The smallest absolute Gasteiger partial charge is 0.239 e. The SMILES string of the molecule is CN=C(NCCCN1CCCCCC1)NCc1ccc(N2CCNC(=O)C2)cc1. The Bertz CT molecular complexity index is 652. The number of nitrogens with one attached hydrogen (secondary N) is 3. The highest BCUT2D eigenvalue weighted by molar-refractivity contribution is 5.82. The Labute approximate surface area is 174 Å². The molecule has 2 heterocycles. The van der Waals surface area contributed by atoms with Crippen molar-refractivity contribution in [3.05, 3.63) is 29.8 Å². The van der Waals surface area contributed by atoms with Gasteiger partial charge in [0, 0.05) is 38.9 Å². The van der Waals surface area contributed by atoms with Gasteiger partial charge in [-0.3, -0.25) is 9.79 Å². The summed E-state index contributed by atoms with van der Waals surface area (Å²) in [5, 5.41) is 9.67. The lowest BCUT2D eigenvalue weighted by molar-refractivity contribution is -0.120. The summed E-state index contributed by atoms with van der Waals surface area (Å²) < 4.78 is 0. The number of aliphatic imine (C=N–C) groups is 1. The van der Waals surface area contributed by atoms with Crippen LogP contribution >= 0.6 is 0 Å². The zero-order valence-corrected chi connectivity index (χ0v) is 17.8. The zero-order chi connectivity index (χ0) is 20.3. The molecule has 160 valence electrons. The molecule has 7 heteroatoms. The van der Waals surface area contributed by atoms with Gasteiger partial charge in [-0.2, -0.15) is 0 Å². The van der Waals surface area contributed by atoms with E-state index in [9.17, 15) is 4.79 Å². The van der Waals surface area contributed by atoms with Crippen molar-refractivity contribution in [3.8, 4) is 0 Å². The molecule has 0 unspecified atom stereocenters. The van der Waals surface area contributed by atoms with Crippen LogP contribution in [0.25, 0.3) is 0 Å². The molecule has 2 aliphatic rings. The third-order valence-corrected chi connectivity index (χ3v) is 5.67. The Morgan fingerprint density at radius 2 is 1.83 bits per heavy atom. The van der Waals surface area contributed by atoms with Crippen LogP contribution in [0.1, 0.15) is 37.7 Å². The molecule has 0 atom stereocenters. The number of carbonyl (C=O) groups is 1. The van der Waals surface area contributed by atoms with Crippen LogP contribution in [0.3, 0.4) is 0 Å². The molecule has 2 fully saturated rings. The minimum Gasteiger partial charge on any atom is -0.360 e. The minimum atomic E-state index is 0.0905. The molecule has 1 amide bonds. The Morgan fingerprint density at radius 1 is 1.07 bits per heavy atom. The molecule has 3 N–H and O–H groups in total. The molecule has 0 radical (unpaired) electrons. The van der Waals surface area contributed by atoms with E-state index in [1.807, 2.05) is 7.05 Å². The molecule has 1 aromatic carbocycles. The highest BCUT2D eigenvalue weighted by atomic mass is 16.2. The van der Waals surface area contributed by atoms with Crippen LogP contribution in [-0.2, 0) is 11.3 Å². The number of carbonyl (C=O) groups excluding carboxylic acids is 1. The summed E-state index contributed by atoms with van der Waals surface area (Å²) in [6, 6.07) is 8.41. The maximum Gasteiger partial charge on any atom is 0.239 e. The first kappa shape index (κ1) is 21.4. The van der Waals surface area contributed by atoms with E-state index in [-0.39, 0.29) is 5.91 Å². The molecule has 0 bridgehead atoms. The van der Waals surface area contributed by atoms with Crippen LogP contribution in [0.5, 0.6) is 0 Å². The van der Waals surface area contributed by atoms with Crippen molar-refractivity contribution in [1.29, 1.82) is 0 Å². The second-order valence-electron chi connectivity index (χ2n) is 7.90. The number of piperazine rings is 1. The van der Waals surface area contributed by atoms with E-state index in [2.05, 4.69) is 55.0 Å². The number of hydrogen-bond acceptors (Lipinski definition) is 4. The van der Waals surface area contributed by atoms with E-state index in [1.165, 1.54) is 50.9 Å². The number of amides is 1. The molecule has 0 aliphatic carbocycles. The fourth-order valence-corrected chi connectivity index (χ4v) is 3.96. The Morgan fingerprint density at radius 3 is 2.52 bits per heavy atom. The van der Waals surface area contributed by atoms with Crippen LogP contribution in [0.2, 0.25) is 0 Å². The Balaban J connectivity index is 1.36. The highest BCUT2D eigenvalue weighted by Crippen LogP contribution is 2.16. The van der Waals surface area contributed by atoms with Crippen LogP contribution in [-0.4, -0.2) is 69.6 Å². The minimum absolute atomic E-state index is 0.0905. The highest BCUT2D eigenvalue weighted by Gasteiger charge is 2.16. The molecule has 2 saturated heterocycles. The zero-order valence-electron chi connectivity index (χ0n) is 17.8. The summed E-state index contributed by atoms with van der Waals surface area (Å²) in [5.41, 5.74) is 2.29. The molecule has 0 aromatic heterocycles. The van der Waals surface area contributed by atoms with Gasteiger partial charge < -0.3 is 25.8 Å². The van der Waals surface area contributed by atoms with Crippen molar-refractivity contribution in [2.45, 2.75) is 38.6 Å². The molecule has 3 rings (SSSR count). The first-order valence-electron chi connectivity index (χ1n) is 11.0. The van der Waals surface area contributed by atoms with Gasteiger partial charge in [-0.15, -0.1) is 0 Å². The van der Waals surface area contributed by atoms with Gasteiger partial charge in [0.15, 0.2) is 5.96 Å².